The zero-order valence-electron chi connectivity index (χ0n) is 16.9. The lowest BCUT2D eigenvalue weighted by atomic mass is 9.99. The summed E-state index contributed by atoms with van der Waals surface area (Å²) in [6, 6.07) is 15.8. The number of aryl methyl sites for hydroxylation is 1. The van der Waals surface area contributed by atoms with Crippen molar-refractivity contribution in [3.63, 3.8) is 0 Å². The number of carbonyl (C=O) groups excluding carboxylic acids is 1. The van der Waals surface area contributed by atoms with Gasteiger partial charge in [0.1, 0.15) is 17.3 Å². The normalized spacial score (nSPS) is 13.0. The fourth-order valence-electron chi connectivity index (χ4n) is 3.71. The Hall–Kier alpha value is -3.48. The molecule has 1 amide bonds. The molecule has 0 radical (unpaired) electrons. The standard InChI is InChI=1S/C23H24N4O3/c1-30-19-8-4-5-16(13-19)14-21-24-23(29)20(25-26-21)9-10-22(28)27-12-11-17-6-2-3-7-18(17)15-27/h2-8,13H,9-12,14-15H2,1H3,(H,24,26,29). The molecule has 1 N–H and O–H groups in total. The number of hydrogen-bond donors (Lipinski definition) is 1. The van der Waals surface area contributed by atoms with Gasteiger partial charge in [0.05, 0.1) is 7.11 Å². The third kappa shape index (κ3) is 4.56. The van der Waals surface area contributed by atoms with Crippen LogP contribution in [0.1, 0.15) is 34.6 Å². The highest BCUT2D eigenvalue weighted by Gasteiger charge is 2.20. The van der Waals surface area contributed by atoms with E-state index in [1.165, 1.54) is 11.1 Å². The number of H-pyrrole nitrogens is 1. The highest BCUT2D eigenvalue weighted by Crippen LogP contribution is 2.19. The molecule has 2 heterocycles. The molecule has 154 valence electrons. The molecular formula is C23H24N4O3. The largest absolute Gasteiger partial charge is 0.497 e. The second kappa shape index (κ2) is 8.90. The number of nitrogens with zero attached hydrogens (tertiary/aromatic N) is 3. The number of nitrogens with one attached hydrogen (secondary N) is 1. The summed E-state index contributed by atoms with van der Waals surface area (Å²) in [5.74, 6) is 1.26. The minimum atomic E-state index is -0.292. The first-order valence-corrected chi connectivity index (χ1v) is 10.0. The fraction of sp³-hybridized carbons (Fsp3) is 0.304. The first-order valence-electron chi connectivity index (χ1n) is 10.0. The number of benzene rings is 2. The van der Waals surface area contributed by atoms with Gasteiger partial charge in [-0.1, -0.05) is 36.4 Å². The summed E-state index contributed by atoms with van der Waals surface area (Å²) in [4.78, 5) is 29.6. The third-order valence-corrected chi connectivity index (χ3v) is 5.38. The minimum Gasteiger partial charge on any atom is -0.497 e. The summed E-state index contributed by atoms with van der Waals surface area (Å²) in [6.45, 7) is 1.33. The molecule has 0 aliphatic carbocycles. The summed E-state index contributed by atoms with van der Waals surface area (Å²) < 4.78 is 5.22. The van der Waals surface area contributed by atoms with Gasteiger partial charge in [-0.2, -0.15) is 0 Å². The first kappa shape index (κ1) is 19.8. The molecule has 0 fully saturated rings. The quantitative estimate of drug-likeness (QED) is 0.681. The van der Waals surface area contributed by atoms with E-state index in [2.05, 4.69) is 27.3 Å². The first-order chi connectivity index (χ1) is 14.6. The van der Waals surface area contributed by atoms with Gasteiger partial charge in [-0.15, -0.1) is 10.2 Å². The molecule has 4 rings (SSSR count). The van der Waals surface area contributed by atoms with Crippen molar-refractivity contribution in [3.8, 4) is 5.75 Å². The van der Waals surface area contributed by atoms with Crippen LogP contribution in [-0.2, 0) is 30.6 Å². The van der Waals surface area contributed by atoms with Gasteiger partial charge in [-0.3, -0.25) is 9.59 Å². The molecule has 0 atom stereocenters. The van der Waals surface area contributed by atoms with Gasteiger partial charge in [0.25, 0.3) is 5.56 Å². The summed E-state index contributed by atoms with van der Waals surface area (Å²) in [5.41, 5.74) is 3.45. The van der Waals surface area contributed by atoms with E-state index >= 15 is 0 Å². The van der Waals surface area contributed by atoms with Crippen LogP contribution in [0.25, 0.3) is 0 Å². The molecule has 1 aliphatic rings. The van der Waals surface area contributed by atoms with Crippen LogP contribution < -0.4 is 10.3 Å². The lowest BCUT2D eigenvalue weighted by Crippen LogP contribution is -2.36. The fourth-order valence-corrected chi connectivity index (χ4v) is 3.71. The van der Waals surface area contributed by atoms with E-state index in [4.69, 9.17) is 4.74 Å². The Morgan fingerprint density at radius 3 is 2.77 bits per heavy atom. The van der Waals surface area contributed by atoms with Crippen molar-refractivity contribution in [2.24, 2.45) is 0 Å². The zero-order valence-corrected chi connectivity index (χ0v) is 16.9. The molecule has 0 bridgehead atoms. The van der Waals surface area contributed by atoms with Crippen LogP contribution in [0.15, 0.2) is 53.3 Å². The van der Waals surface area contributed by atoms with E-state index in [0.29, 0.717) is 25.3 Å². The Morgan fingerprint density at radius 2 is 1.97 bits per heavy atom. The Morgan fingerprint density at radius 1 is 1.13 bits per heavy atom. The number of ether oxygens (including phenoxy) is 1. The van der Waals surface area contributed by atoms with Crippen molar-refractivity contribution in [2.45, 2.75) is 32.2 Å². The number of hydrogen-bond acceptors (Lipinski definition) is 5. The van der Waals surface area contributed by atoms with Crippen molar-refractivity contribution in [3.05, 3.63) is 87.1 Å². The van der Waals surface area contributed by atoms with E-state index in [-0.39, 0.29) is 30.0 Å². The van der Waals surface area contributed by atoms with Crippen LogP contribution >= 0.6 is 0 Å². The number of amides is 1. The van der Waals surface area contributed by atoms with Crippen molar-refractivity contribution in [1.29, 1.82) is 0 Å². The maximum Gasteiger partial charge on any atom is 0.272 e. The topological polar surface area (TPSA) is 88.2 Å². The van der Waals surface area contributed by atoms with Crippen LogP contribution in [0, 0.1) is 0 Å². The molecular weight excluding hydrogens is 380 g/mol. The molecule has 30 heavy (non-hydrogen) atoms. The van der Waals surface area contributed by atoms with E-state index in [1.54, 1.807) is 7.11 Å². The second-order valence-electron chi connectivity index (χ2n) is 7.41. The van der Waals surface area contributed by atoms with Gasteiger partial charge >= 0.3 is 0 Å². The minimum absolute atomic E-state index is 0.0335. The third-order valence-electron chi connectivity index (χ3n) is 5.38. The number of fused-ring (bicyclic) bond motifs is 1. The van der Waals surface area contributed by atoms with E-state index in [1.807, 2.05) is 41.3 Å². The van der Waals surface area contributed by atoms with Gasteiger partial charge in [0, 0.05) is 32.4 Å². The lowest BCUT2D eigenvalue weighted by Gasteiger charge is -2.28. The van der Waals surface area contributed by atoms with Crippen LogP contribution in [0.2, 0.25) is 0 Å². The van der Waals surface area contributed by atoms with Crippen molar-refractivity contribution >= 4 is 5.91 Å². The molecule has 2 aromatic carbocycles. The van der Waals surface area contributed by atoms with Gasteiger partial charge in [-0.05, 0) is 35.2 Å². The molecule has 7 heteroatoms. The summed E-state index contributed by atoms with van der Waals surface area (Å²) >= 11 is 0. The molecule has 1 aliphatic heterocycles. The number of methoxy groups -OCH3 is 1. The van der Waals surface area contributed by atoms with E-state index in [0.717, 1.165) is 17.7 Å². The maximum atomic E-state index is 12.6. The molecule has 7 nitrogen and oxygen atoms in total. The molecule has 0 spiro atoms. The number of aromatic nitrogens is 3. The molecule has 0 saturated carbocycles. The van der Waals surface area contributed by atoms with Gasteiger partial charge in [0.15, 0.2) is 0 Å². The van der Waals surface area contributed by atoms with E-state index in [9.17, 15) is 9.59 Å². The molecule has 0 saturated heterocycles. The van der Waals surface area contributed by atoms with Crippen molar-refractivity contribution in [2.75, 3.05) is 13.7 Å². The number of carbonyl (C=O) groups is 1. The van der Waals surface area contributed by atoms with E-state index < -0.39 is 0 Å². The Balaban J connectivity index is 1.36. The summed E-state index contributed by atoms with van der Waals surface area (Å²) in [6.07, 6.45) is 1.83. The van der Waals surface area contributed by atoms with Crippen LogP contribution in [0.4, 0.5) is 0 Å². The molecule has 0 unspecified atom stereocenters. The van der Waals surface area contributed by atoms with Crippen LogP contribution in [0.5, 0.6) is 5.75 Å². The maximum absolute atomic E-state index is 12.6. The van der Waals surface area contributed by atoms with Crippen molar-refractivity contribution < 1.29 is 9.53 Å². The van der Waals surface area contributed by atoms with Gasteiger partial charge < -0.3 is 14.6 Å². The smallest absolute Gasteiger partial charge is 0.272 e. The summed E-state index contributed by atoms with van der Waals surface area (Å²) in [7, 11) is 1.61. The van der Waals surface area contributed by atoms with Crippen molar-refractivity contribution in [1.82, 2.24) is 20.1 Å². The van der Waals surface area contributed by atoms with Crippen LogP contribution in [-0.4, -0.2) is 39.6 Å². The predicted octanol–water partition coefficient (Wildman–Crippen LogP) is 2.28. The Kier molecular flexibility index (Phi) is 5.88. The monoisotopic (exact) mass is 404 g/mol. The predicted molar refractivity (Wildman–Crippen MR) is 112 cm³/mol. The molecule has 1 aromatic heterocycles. The number of aromatic amines is 1. The Labute approximate surface area is 174 Å². The lowest BCUT2D eigenvalue weighted by molar-refractivity contribution is -0.132. The SMILES string of the molecule is COc1cccc(Cc2nnc(CCC(=O)N3CCc4ccccc4C3)c(=O)[nH]2)c1. The van der Waals surface area contributed by atoms with Gasteiger partial charge in [0.2, 0.25) is 5.91 Å². The zero-order chi connectivity index (χ0) is 20.9. The van der Waals surface area contributed by atoms with Crippen LogP contribution in [0.3, 0.4) is 0 Å². The highest BCUT2D eigenvalue weighted by molar-refractivity contribution is 5.76. The molecule has 3 aromatic rings. The average Bonchev–Trinajstić information content (AvgIpc) is 2.78. The van der Waals surface area contributed by atoms with Gasteiger partial charge in [-0.25, -0.2) is 0 Å². The second-order valence-corrected chi connectivity index (χ2v) is 7.41. The number of rotatable bonds is 6. The highest BCUT2D eigenvalue weighted by atomic mass is 16.5. The summed E-state index contributed by atoms with van der Waals surface area (Å²) in [5, 5.41) is 8.21. The Bertz CT molecular complexity index is 1110. The average molecular weight is 404 g/mol.